The van der Waals surface area contributed by atoms with Crippen molar-refractivity contribution in [2.24, 2.45) is 0 Å². The number of anilines is 2. The summed E-state index contributed by atoms with van der Waals surface area (Å²) in [4.78, 5) is 11.4. The largest absolute Gasteiger partial charge is 0.383 e. The van der Waals surface area contributed by atoms with E-state index in [1.54, 1.807) is 7.11 Å². The molecule has 24 heavy (non-hydrogen) atoms. The molecule has 130 valence electrons. The van der Waals surface area contributed by atoms with Crippen LogP contribution in [-0.2, 0) is 4.74 Å². The molecular weight excluding hydrogens is 302 g/mol. The van der Waals surface area contributed by atoms with Gasteiger partial charge in [-0.3, -0.25) is 0 Å². The van der Waals surface area contributed by atoms with Gasteiger partial charge in [-0.05, 0) is 27.1 Å². The Morgan fingerprint density at radius 3 is 2.54 bits per heavy atom. The van der Waals surface area contributed by atoms with Gasteiger partial charge in [-0.15, -0.1) is 0 Å². The molecule has 0 bridgehead atoms. The molecule has 1 aromatic carbocycles. The molecule has 0 atom stereocenters. The van der Waals surface area contributed by atoms with E-state index >= 15 is 0 Å². The molecule has 1 heterocycles. The normalized spacial score (nSPS) is 10.8. The van der Waals surface area contributed by atoms with E-state index in [2.05, 4.69) is 51.7 Å². The van der Waals surface area contributed by atoms with Gasteiger partial charge in [0.1, 0.15) is 5.82 Å². The lowest BCUT2D eigenvalue weighted by Gasteiger charge is -2.12. The highest BCUT2D eigenvalue weighted by atomic mass is 16.5. The van der Waals surface area contributed by atoms with Crippen LogP contribution >= 0.6 is 0 Å². The molecule has 0 fully saturated rings. The van der Waals surface area contributed by atoms with Crippen molar-refractivity contribution in [2.45, 2.75) is 6.42 Å². The maximum Gasteiger partial charge on any atom is 0.225 e. The van der Waals surface area contributed by atoms with Gasteiger partial charge >= 0.3 is 0 Å². The number of nitrogens with zero attached hydrogens (tertiary/aromatic N) is 3. The van der Waals surface area contributed by atoms with Crippen molar-refractivity contribution >= 4 is 11.8 Å². The first-order chi connectivity index (χ1) is 11.7. The van der Waals surface area contributed by atoms with Gasteiger partial charge in [0.15, 0.2) is 0 Å². The molecule has 0 saturated carbocycles. The Labute approximate surface area is 144 Å². The van der Waals surface area contributed by atoms with Crippen LogP contribution in [0.1, 0.15) is 6.42 Å². The minimum absolute atomic E-state index is 0.635. The van der Waals surface area contributed by atoms with E-state index in [0.717, 1.165) is 36.6 Å². The molecule has 0 radical (unpaired) electrons. The Morgan fingerprint density at radius 1 is 1.04 bits per heavy atom. The molecule has 6 heteroatoms. The topological polar surface area (TPSA) is 62.3 Å². The van der Waals surface area contributed by atoms with Crippen LogP contribution in [-0.4, -0.2) is 62.3 Å². The monoisotopic (exact) mass is 329 g/mol. The molecule has 0 spiro atoms. The SMILES string of the molecule is COCCNc1cc(-c2ccccc2)nc(NCCCN(C)C)n1. The summed E-state index contributed by atoms with van der Waals surface area (Å²) in [6, 6.07) is 12.1. The van der Waals surface area contributed by atoms with Crippen LogP contribution in [0.2, 0.25) is 0 Å². The highest BCUT2D eigenvalue weighted by Gasteiger charge is 2.06. The summed E-state index contributed by atoms with van der Waals surface area (Å²) >= 11 is 0. The fourth-order valence-electron chi connectivity index (χ4n) is 2.25. The van der Waals surface area contributed by atoms with Crippen molar-refractivity contribution < 1.29 is 4.74 Å². The van der Waals surface area contributed by atoms with E-state index < -0.39 is 0 Å². The molecule has 2 aromatic rings. The minimum atomic E-state index is 0.635. The van der Waals surface area contributed by atoms with Crippen LogP contribution in [0.3, 0.4) is 0 Å². The second-order valence-corrected chi connectivity index (χ2v) is 5.83. The lowest BCUT2D eigenvalue weighted by atomic mass is 10.1. The number of nitrogens with one attached hydrogen (secondary N) is 2. The van der Waals surface area contributed by atoms with Crippen LogP contribution in [0.15, 0.2) is 36.4 Å². The number of hydrogen-bond donors (Lipinski definition) is 2. The van der Waals surface area contributed by atoms with Crippen LogP contribution < -0.4 is 10.6 Å². The Bertz CT molecular complexity index is 604. The number of hydrogen-bond acceptors (Lipinski definition) is 6. The molecule has 0 unspecified atom stereocenters. The zero-order valence-corrected chi connectivity index (χ0v) is 14.7. The third-order valence-corrected chi connectivity index (χ3v) is 3.47. The second-order valence-electron chi connectivity index (χ2n) is 5.83. The van der Waals surface area contributed by atoms with Gasteiger partial charge in [-0.2, -0.15) is 4.98 Å². The number of benzene rings is 1. The predicted molar refractivity (Wildman–Crippen MR) is 99.5 cm³/mol. The standard InChI is InChI=1S/C18H27N5O/c1-23(2)12-7-10-20-18-21-16(15-8-5-4-6-9-15)14-17(22-18)19-11-13-24-3/h4-6,8-9,14H,7,10-13H2,1-3H3,(H2,19,20,21,22). The van der Waals surface area contributed by atoms with E-state index in [1.165, 1.54) is 0 Å². The minimum Gasteiger partial charge on any atom is -0.383 e. The Kier molecular flexibility index (Phi) is 7.45. The molecular formula is C18H27N5O. The van der Waals surface area contributed by atoms with Gasteiger partial charge in [0.25, 0.3) is 0 Å². The Hall–Kier alpha value is -2.18. The Balaban J connectivity index is 2.11. The van der Waals surface area contributed by atoms with Crippen molar-refractivity contribution in [3.05, 3.63) is 36.4 Å². The molecule has 0 aliphatic rings. The maximum atomic E-state index is 5.08. The average Bonchev–Trinajstić information content (AvgIpc) is 2.59. The second kappa shape index (κ2) is 9.85. The van der Waals surface area contributed by atoms with Crippen molar-refractivity contribution in [3.63, 3.8) is 0 Å². The number of methoxy groups -OCH3 is 1. The lowest BCUT2D eigenvalue weighted by Crippen LogP contribution is -2.17. The van der Waals surface area contributed by atoms with Crippen LogP contribution in [0.4, 0.5) is 11.8 Å². The summed E-state index contributed by atoms with van der Waals surface area (Å²) < 4.78 is 5.08. The summed E-state index contributed by atoms with van der Waals surface area (Å²) in [7, 11) is 5.84. The lowest BCUT2D eigenvalue weighted by molar-refractivity contribution is 0.210. The molecule has 1 aromatic heterocycles. The van der Waals surface area contributed by atoms with Crippen LogP contribution in [0, 0.1) is 0 Å². The van der Waals surface area contributed by atoms with Crippen LogP contribution in [0.25, 0.3) is 11.3 Å². The zero-order valence-electron chi connectivity index (χ0n) is 14.7. The summed E-state index contributed by atoms with van der Waals surface area (Å²) in [6.45, 7) is 3.22. The molecule has 0 saturated heterocycles. The van der Waals surface area contributed by atoms with Crippen molar-refractivity contribution in [1.82, 2.24) is 14.9 Å². The molecule has 2 N–H and O–H groups in total. The molecule has 0 aliphatic heterocycles. The summed E-state index contributed by atoms with van der Waals surface area (Å²) in [5.74, 6) is 1.45. The number of ether oxygens (including phenoxy) is 1. The molecule has 6 nitrogen and oxygen atoms in total. The smallest absolute Gasteiger partial charge is 0.225 e. The molecule has 0 amide bonds. The first-order valence-electron chi connectivity index (χ1n) is 8.25. The highest BCUT2D eigenvalue weighted by molar-refractivity contribution is 5.64. The summed E-state index contributed by atoms with van der Waals surface area (Å²) in [5.41, 5.74) is 1.98. The van der Waals surface area contributed by atoms with Gasteiger partial charge < -0.3 is 20.3 Å². The van der Waals surface area contributed by atoms with E-state index in [4.69, 9.17) is 4.74 Å². The van der Waals surface area contributed by atoms with Crippen LogP contribution in [0.5, 0.6) is 0 Å². The van der Waals surface area contributed by atoms with E-state index in [1.807, 2.05) is 24.3 Å². The van der Waals surface area contributed by atoms with E-state index in [9.17, 15) is 0 Å². The first-order valence-corrected chi connectivity index (χ1v) is 8.25. The van der Waals surface area contributed by atoms with Gasteiger partial charge in [0.2, 0.25) is 5.95 Å². The van der Waals surface area contributed by atoms with Gasteiger partial charge in [-0.25, -0.2) is 4.98 Å². The van der Waals surface area contributed by atoms with Crippen molar-refractivity contribution in [2.75, 3.05) is 58.1 Å². The quantitative estimate of drug-likeness (QED) is 0.653. The molecule has 2 rings (SSSR count). The van der Waals surface area contributed by atoms with Gasteiger partial charge in [0.05, 0.1) is 12.3 Å². The fraction of sp³-hybridized carbons (Fsp3) is 0.444. The van der Waals surface area contributed by atoms with Crippen molar-refractivity contribution in [3.8, 4) is 11.3 Å². The van der Waals surface area contributed by atoms with E-state index in [-0.39, 0.29) is 0 Å². The summed E-state index contributed by atoms with van der Waals surface area (Å²) in [5, 5.41) is 6.60. The zero-order chi connectivity index (χ0) is 17.2. The highest BCUT2D eigenvalue weighted by Crippen LogP contribution is 2.21. The number of aromatic nitrogens is 2. The fourth-order valence-corrected chi connectivity index (χ4v) is 2.25. The third-order valence-electron chi connectivity index (χ3n) is 3.47. The Morgan fingerprint density at radius 2 is 1.83 bits per heavy atom. The third kappa shape index (κ3) is 6.14. The molecule has 0 aliphatic carbocycles. The predicted octanol–water partition coefficient (Wildman–Crippen LogP) is 2.57. The van der Waals surface area contributed by atoms with E-state index in [0.29, 0.717) is 19.1 Å². The van der Waals surface area contributed by atoms with Gasteiger partial charge in [0, 0.05) is 31.8 Å². The maximum absolute atomic E-state index is 5.08. The summed E-state index contributed by atoms with van der Waals surface area (Å²) in [6.07, 6.45) is 1.04. The number of rotatable bonds is 10. The average molecular weight is 329 g/mol. The first kappa shape index (κ1) is 18.2. The van der Waals surface area contributed by atoms with Gasteiger partial charge in [-0.1, -0.05) is 30.3 Å². The van der Waals surface area contributed by atoms with Crippen molar-refractivity contribution in [1.29, 1.82) is 0 Å².